The largest absolute Gasteiger partial charge is 0.482 e. The summed E-state index contributed by atoms with van der Waals surface area (Å²) in [6.45, 7) is 1.44. The molecule has 2 aromatic heterocycles. The molecule has 0 fully saturated rings. The second-order valence-electron chi connectivity index (χ2n) is 9.40. The summed E-state index contributed by atoms with van der Waals surface area (Å²) >= 11 is 0. The van der Waals surface area contributed by atoms with Gasteiger partial charge >= 0.3 is 11.9 Å². The lowest BCUT2D eigenvalue weighted by molar-refractivity contribution is -0.169. The van der Waals surface area contributed by atoms with Crippen LogP contribution in [0.3, 0.4) is 0 Å². The van der Waals surface area contributed by atoms with Crippen LogP contribution in [0.2, 0.25) is 0 Å². The number of esters is 2. The lowest BCUT2D eigenvalue weighted by Crippen LogP contribution is -2.38. The zero-order chi connectivity index (χ0) is 26.4. The van der Waals surface area contributed by atoms with Gasteiger partial charge in [0.2, 0.25) is 0 Å². The monoisotopic (exact) mass is 514 g/mol. The fourth-order valence-electron chi connectivity index (χ4n) is 5.19. The van der Waals surface area contributed by atoms with Gasteiger partial charge < -0.3 is 18.8 Å². The van der Waals surface area contributed by atoms with Gasteiger partial charge in [-0.25, -0.2) is 14.2 Å². The first kappa shape index (κ1) is 23.8. The van der Waals surface area contributed by atoms with Crippen molar-refractivity contribution in [1.82, 2.24) is 9.55 Å². The Morgan fingerprint density at radius 3 is 2.71 bits per heavy atom. The maximum Gasteiger partial charge on any atom is 0.345 e. The molecule has 9 heteroatoms. The molecule has 2 aliphatic heterocycles. The number of nitrogens with zero attached hydrogens (tertiary/aromatic N) is 2. The highest BCUT2D eigenvalue weighted by Crippen LogP contribution is 2.41. The van der Waals surface area contributed by atoms with Crippen molar-refractivity contribution in [3.05, 3.63) is 93.5 Å². The molecule has 0 saturated carbocycles. The number of fused-ring (bicyclic) bond motifs is 5. The number of aromatic nitrogens is 2. The predicted molar refractivity (Wildman–Crippen MR) is 135 cm³/mol. The Hall–Kier alpha value is -4.53. The fraction of sp³-hybridized carbons (Fsp3) is 0.241. The van der Waals surface area contributed by atoms with E-state index in [1.165, 1.54) is 24.3 Å². The van der Waals surface area contributed by atoms with Crippen molar-refractivity contribution < 1.29 is 28.2 Å². The van der Waals surface area contributed by atoms with Crippen LogP contribution in [0.4, 0.5) is 4.39 Å². The number of hydrogen-bond donors (Lipinski definition) is 0. The molecule has 8 nitrogen and oxygen atoms in total. The topological polar surface area (TPSA) is 96.7 Å². The van der Waals surface area contributed by atoms with Gasteiger partial charge in [-0.15, -0.1) is 0 Å². The van der Waals surface area contributed by atoms with Crippen LogP contribution >= 0.6 is 0 Å². The number of para-hydroxylation sites is 1. The normalized spacial score (nSPS) is 17.7. The molecule has 0 N–H and O–H groups in total. The predicted octanol–water partition coefficient (Wildman–Crippen LogP) is 4.24. The van der Waals surface area contributed by atoms with E-state index in [1.807, 2.05) is 30.3 Å². The van der Waals surface area contributed by atoms with Crippen molar-refractivity contribution in [2.24, 2.45) is 0 Å². The summed E-state index contributed by atoms with van der Waals surface area (Å²) in [5.74, 6) is -1.45. The zero-order valence-electron chi connectivity index (χ0n) is 20.5. The van der Waals surface area contributed by atoms with Crippen LogP contribution in [0.25, 0.3) is 22.3 Å². The van der Waals surface area contributed by atoms with Crippen molar-refractivity contribution in [3.63, 3.8) is 0 Å². The third kappa shape index (κ3) is 4.00. The Morgan fingerprint density at radius 2 is 1.92 bits per heavy atom. The quantitative estimate of drug-likeness (QED) is 0.324. The first-order valence-corrected chi connectivity index (χ1v) is 12.3. The molecule has 0 amide bonds. The highest BCUT2D eigenvalue weighted by Gasteiger charge is 2.44. The van der Waals surface area contributed by atoms with Crippen molar-refractivity contribution in [2.45, 2.75) is 38.5 Å². The molecular weight excluding hydrogens is 491 g/mol. The smallest absolute Gasteiger partial charge is 0.345 e. The van der Waals surface area contributed by atoms with E-state index in [1.54, 1.807) is 17.6 Å². The Kier molecular flexibility index (Phi) is 5.71. The molecule has 192 valence electrons. The first-order valence-electron chi connectivity index (χ1n) is 12.3. The van der Waals surface area contributed by atoms with Gasteiger partial charge in [0.15, 0.2) is 6.61 Å². The summed E-state index contributed by atoms with van der Waals surface area (Å²) < 4.78 is 31.5. The summed E-state index contributed by atoms with van der Waals surface area (Å²) in [5, 5.41) is 0.973. The van der Waals surface area contributed by atoms with E-state index in [2.05, 4.69) is 0 Å². The molecule has 0 spiro atoms. The number of pyridine rings is 2. The number of cyclic esters (lactones) is 1. The lowest BCUT2D eigenvalue weighted by atomic mass is 9.85. The maximum absolute atomic E-state index is 13.7. The van der Waals surface area contributed by atoms with Crippen molar-refractivity contribution in [1.29, 1.82) is 0 Å². The van der Waals surface area contributed by atoms with E-state index in [4.69, 9.17) is 19.2 Å². The number of rotatable bonds is 5. The average Bonchev–Trinajstić information content (AvgIpc) is 3.20. The van der Waals surface area contributed by atoms with E-state index in [9.17, 15) is 18.8 Å². The Bertz CT molecular complexity index is 1660. The summed E-state index contributed by atoms with van der Waals surface area (Å²) in [6.07, 6.45) is -0.0298. The van der Waals surface area contributed by atoms with Crippen molar-refractivity contribution in [2.75, 3.05) is 6.61 Å². The van der Waals surface area contributed by atoms with Crippen LogP contribution in [-0.4, -0.2) is 28.1 Å². The molecule has 6 rings (SSSR count). The Balaban J connectivity index is 1.40. The second-order valence-corrected chi connectivity index (χ2v) is 9.40. The third-order valence-electron chi connectivity index (χ3n) is 7.12. The molecular formula is C29H23FN2O6. The van der Waals surface area contributed by atoms with Crippen LogP contribution in [-0.2, 0) is 37.8 Å². The Labute approximate surface area is 216 Å². The van der Waals surface area contributed by atoms with E-state index >= 15 is 0 Å². The van der Waals surface area contributed by atoms with Gasteiger partial charge in [0.25, 0.3) is 5.56 Å². The standard InChI is InChI=1S/C29H23FN2O6/c1-2-29(38-26(34)16-36-20-9-7-19(30)8-10-20)13-25(33)37-15-21-22(29)12-24-27-18(14-32(24)28(21)35)11-17-5-3-4-6-23(17)31-27/h3-12H,2,13-16H2,1H3/t29-/m1/s1. The van der Waals surface area contributed by atoms with Gasteiger partial charge in [0, 0.05) is 16.5 Å². The maximum atomic E-state index is 13.7. The number of benzene rings is 2. The highest BCUT2D eigenvalue weighted by atomic mass is 19.1. The number of ether oxygens (including phenoxy) is 3. The van der Waals surface area contributed by atoms with E-state index in [0.717, 1.165) is 16.5 Å². The van der Waals surface area contributed by atoms with Gasteiger partial charge in [-0.3, -0.25) is 9.59 Å². The number of carbonyl (C=O) groups is 2. The first-order chi connectivity index (χ1) is 18.4. The van der Waals surface area contributed by atoms with Gasteiger partial charge in [0.1, 0.15) is 23.8 Å². The van der Waals surface area contributed by atoms with Gasteiger partial charge in [-0.1, -0.05) is 25.1 Å². The molecule has 2 aliphatic rings. The van der Waals surface area contributed by atoms with Crippen LogP contribution in [0, 0.1) is 5.82 Å². The second kappa shape index (κ2) is 9.09. The summed E-state index contributed by atoms with van der Waals surface area (Å²) in [7, 11) is 0. The molecule has 2 aromatic carbocycles. The molecule has 0 unspecified atom stereocenters. The molecule has 38 heavy (non-hydrogen) atoms. The molecule has 4 heterocycles. The number of hydrogen-bond acceptors (Lipinski definition) is 7. The summed E-state index contributed by atoms with van der Waals surface area (Å²) in [4.78, 5) is 44.1. The van der Waals surface area contributed by atoms with Crippen LogP contribution in [0.5, 0.6) is 5.75 Å². The van der Waals surface area contributed by atoms with Crippen molar-refractivity contribution in [3.8, 4) is 17.1 Å². The van der Waals surface area contributed by atoms with Crippen molar-refractivity contribution >= 4 is 22.8 Å². The summed E-state index contributed by atoms with van der Waals surface area (Å²) in [5.41, 5.74) is 1.94. The van der Waals surface area contributed by atoms with Crippen LogP contribution < -0.4 is 10.3 Å². The Morgan fingerprint density at radius 1 is 1.13 bits per heavy atom. The third-order valence-corrected chi connectivity index (χ3v) is 7.12. The molecule has 1 atom stereocenters. The van der Waals surface area contributed by atoms with Crippen LogP contribution in [0.1, 0.15) is 36.5 Å². The molecule has 0 radical (unpaired) electrons. The van der Waals surface area contributed by atoms with Gasteiger partial charge in [0.05, 0.1) is 35.4 Å². The SMILES string of the molecule is CC[C@@]1(OC(=O)COc2ccc(F)cc2)CC(=O)OCc2c1cc1n(c2=O)Cc2cc3ccccc3nc2-1. The highest BCUT2D eigenvalue weighted by molar-refractivity contribution is 5.84. The van der Waals surface area contributed by atoms with E-state index < -0.39 is 30.0 Å². The minimum Gasteiger partial charge on any atom is -0.482 e. The van der Waals surface area contributed by atoms with E-state index in [0.29, 0.717) is 29.2 Å². The van der Waals surface area contributed by atoms with Crippen LogP contribution in [0.15, 0.2) is 65.5 Å². The van der Waals surface area contributed by atoms with Gasteiger partial charge in [-0.05, 0) is 48.9 Å². The molecule has 0 bridgehead atoms. The average molecular weight is 515 g/mol. The lowest BCUT2D eigenvalue weighted by Gasteiger charge is -2.32. The molecule has 4 aromatic rings. The minimum absolute atomic E-state index is 0.218. The van der Waals surface area contributed by atoms with Gasteiger partial charge in [-0.2, -0.15) is 0 Å². The zero-order valence-corrected chi connectivity index (χ0v) is 20.5. The fourth-order valence-corrected chi connectivity index (χ4v) is 5.19. The molecule has 0 aliphatic carbocycles. The number of carbonyl (C=O) groups excluding carboxylic acids is 2. The summed E-state index contributed by atoms with van der Waals surface area (Å²) in [6, 6.07) is 16.8. The number of halogens is 1. The minimum atomic E-state index is -1.43. The van der Waals surface area contributed by atoms with E-state index in [-0.39, 0.29) is 30.6 Å². The molecule has 0 saturated heterocycles.